The molecule has 2 amide bonds. The van der Waals surface area contributed by atoms with E-state index in [4.69, 9.17) is 4.52 Å². The van der Waals surface area contributed by atoms with Crippen molar-refractivity contribution in [2.75, 3.05) is 20.6 Å². The van der Waals surface area contributed by atoms with Gasteiger partial charge in [0.2, 0.25) is 5.91 Å². The number of rotatable bonds is 4. The first-order valence-electron chi connectivity index (χ1n) is 7.41. The Hall–Kier alpha value is -2.70. The molecule has 2 heterocycles. The summed E-state index contributed by atoms with van der Waals surface area (Å²) in [4.78, 5) is 31.1. The van der Waals surface area contributed by atoms with Crippen molar-refractivity contribution in [2.45, 2.75) is 18.9 Å². The monoisotopic (exact) mass is 314 g/mol. The van der Waals surface area contributed by atoms with Gasteiger partial charge < -0.3 is 14.3 Å². The van der Waals surface area contributed by atoms with E-state index in [0.717, 1.165) is 5.56 Å². The predicted molar refractivity (Wildman–Crippen MR) is 81.5 cm³/mol. The zero-order chi connectivity index (χ0) is 16.4. The van der Waals surface area contributed by atoms with Crippen molar-refractivity contribution < 1.29 is 14.1 Å². The summed E-state index contributed by atoms with van der Waals surface area (Å²) in [5, 5.41) is 3.79. The second-order valence-electron chi connectivity index (χ2n) is 5.80. The minimum Gasteiger partial charge on any atom is -0.341 e. The van der Waals surface area contributed by atoms with Crippen LogP contribution in [0.1, 0.15) is 34.4 Å². The first kappa shape index (κ1) is 15.2. The van der Waals surface area contributed by atoms with Gasteiger partial charge in [-0.1, -0.05) is 35.5 Å². The minimum atomic E-state index is -0.348. The molecular formula is C16H18N4O3. The van der Waals surface area contributed by atoms with Crippen molar-refractivity contribution in [3.05, 3.63) is 47.6 Å². The Morgan fingerprint density at radius 2 is 2.09 bits per heavy atom. The third-order valence-electron chi connectivity index (χ3n) is 3.87. The lowest BCUT2D eigenvalue weighted by Gasteiger charge is -2.14. The summed E-state index contributed by atoms with van der Waals surface area (Å²) in [6.45, 7) is 0.876. The zero-order valence-electron chi connectivity index (χ0n) is 13.1. The fourth-order valence-corrected chi connectivity index (χ4v) is 2.64. The first-order valence-corrected chi connectivity index (χ1v) is 7.41. The number of carbonyl (C=O) groups is 2. The molecule has 0 N–H and O–H groups in total. The number of likely N-dealkylation sites (tertiary alicyclic amines) is 1. The number of benzene rings is 1. The smallest absolute Gasteiger partial charge is 0.316 e. The van der Waals surface area contributed by atoms with Crippen molar-refractivity contribution in [1.82, 2.24) is 19.9 Å². The molecule has 1 aliphatic rings. The molecule has 7 nitrogen and oxygen atoms in total. The zero-order valence-corrected chi connectivity index (χ0v) is 13.1. The van der Waals surface area contributed by atoms with Crippen molar-refractivity contribution in [3.63, 3.8) is 0 Å². The SMILES string of the molecule is CN(C)C(=O)c1nc(CN2C[C@H](c3ccccc3)CC2=O)no1. The Morgan fingerprint density at radius 3 is 2.78 bits per heavy atom. The van der Waals surface area contributed by atoms with Gasteiger partial charge >= 0.3 is 11.8 Å². The van der Waals surface area contributed by atoms with Crippen LogP contribution in [-0.4, -0.2) is 52.4 Å². The van der Waals surface area contributed by atoms with Crippen molar-refractivity contribution in [2.24, 2.45) is 0 Å². The molecule has 7 heteroatoms. The molecule has 0 radical (unpaired) electrons. The molecule has 120 valence electrons. The molecule has 0 aliphatic carbocycles. The largest absolute Gasteiger partial charge is 0.341 e. The van der Waals surface area contributed by atoms with Crippen LogP contribution in [0.4, 0.5) is 0 Å². The van der Waals surface area contributed by atoms with E-state index in [0.29, 0.717) is 18.8 Å². The van der Waals surface area contributed by atoms with Crippen LogP contribution in [0.25, 0.3) is 0 Å². The van der Waals surface area contributed by atoms with Gasteiger partial charge in [0.15, 0.2) is 5.82 Å². The number of amides is 2. The summed E-state index contributed by atoms with van der Waals surface area (Å²) < 4.78 is 4.95. The summed E-state index contributed by atoms with van der Waals surface area (Å²) in [5.41, 5.74) is 1.15. The normalized spacial score (nSPS) is 17.6. The first-order chi connectivity index (χ1) is 11.0. The average molecular weight is 314 g/mol. The third-order valence-corrected chi connectivity index (χ3v) is 3.87. The molecule has 0 bridgehead atoms. The molecular weight excluding hydrogens is 296 g/mol. The quantitative estimate of drug-likeness (QED) is 0.849. The van der Waals surface area contributed by atoms with Crippen LogP contribution in [0.15, 0.2) is 34.9 Å². The highest BCUT2D eigenvalue weighted by Gasteiger charge is 2.31. The van der Waals surface area contributed by atoms with Crippen LogP contribution in [0.5, 0.6) is 0 Å². The maximum absolute atomic E-state index is 12.2. The number of carbonyl (C=O) groups excluding carboxylic acids is 2. The number of aromatic nitrogens is 2. The van der Waals surface area contributed by atoms with Crippen LogP contribution in [0, 0.1) is 0 Å². The lowest BCUT2D eigenvalue weighted by Crippen LogP contribution is -2.25. The van der Waals surface area contributed by atoms with Gasteiger partial charge in [0.05, 0.1) is 6.54 Å². The lowest BCUT2D eigenvalue weighted by atomic mass is 9.99. The molecule has 1 atom stereocenters. The molecule has 23 heavy (non-hydrogen) atoms. The molecule has 0 spiro atoms. The van der Waals surface area contributed by atoms with Gasteiger partial charge in [0, 0.05) is 33.0 Å². The lowest BCUT2D eigenvalue weighted by molar-refractivity contribution is -0.128. The molecule has 1 aliphatic heterocycles. The van der Waals surface area contributed by atoms with Crippen molar-refractivity contribution in [1.29, 1.82) is 0 Å². The third kappa shape index (κ3) is 3.23. The van der Waals surface area contributed by atoms with E-state index in [1.165, 1.54) is 4.90 Å². The molecule has 1 aromatic heterocycles. The Labute approximate surface area is 133 Å². The Bertz CT molecular complexity index is 711. The van der Waals surface area contributed by atoms with Crippen molar-refractivity contribution in [3.8, 4) is 0 Å². The average Bonchev–Trinajstić information content (AvgIpc) is 3.15. The van der Waals surface area contributed by atoms with Gasteiger partial charge in [-0.05, 0) is 5.56 Å². The number of nitrogens with zero attached hydrogens (tertiary/aromatic N) is 4. The van der Waals surface area contributed by atoms with Crippen molar-refractivity contribution >= 4 is 11.8 Å². The van der Waals surface area contributed by atoms with Crippen LogP contribution in [0.2, 0.25) is 0 Å². The van der Waals surface area contributed by atoms with Crippen LogP contribution in [-0.2, 0) is 11.3 Å². The predicted octanol–water partition coefficient (Wildman–Crippen LogP) is 1.29. The van der Waals surface area contributed by atoms with Gasteiger partial charge in [-0.15, -0.1) is 0 Å². The second kappa shape index (κ2) is 6.20. The second-order valence-corrected chi connectivity index (χ2v) is 5.80. The summed E-state index contributed by atoms with van der Waals surface area (Å²) in [5.74, 6) is 0.176. The van der Waals surface area contributed by atoms with E-state index in [1.54, 1.807) is 19.0 Å². The molecule has 2 aromatic rings. The topological polar surface area (TPSA) is 79.5 Å². The molecule has 3 rings (SSSR count). The van der Waals surface area contributed by atoms with Gasteiger partial charge in [-0.25, -0.2) is 0 Å². The van der Waals surface area contributed by atoms with Crippen LogP contribution in [0.3, 0.4) is 0 Å². The van der Waals surface area contributed by atoms with Gasteiger partial charge in [0.25, 0.3) is 0 Å². The van der Waals surface area contributed by atoms with E-state index in [1.807, 2.05) is 30.3 Å². The Kier molecular flexibility index (Phi) is 4.10. The highest BCUT2D eigenvalue weighted by Crippen LogP contribution is 2.28. The standard InChI is InChI=1S/C16H18N4O3/c1-19(2)16(22)15-17-13(18-23-15)10-20-9-12(8-14(20)21)11-6-4-3-5-7-11/h3-7,12H,8-10H2,1-2H3/t12-/m1/s1. The Balaban J connectivity index is 1.67. The van der Waals surface area contributed by atoms with E-state index in [9.17, 15) is 9.59 Å². The molecule has 1 aromatic carbocycles. The highest BCUT2D eigenvalue weighted by molar-refractivity contribution is 5.89. The highest BCUT2D eigenvalue weighted by atomic mass is 16.5. The molecule has 1 fully saturated rings. The van der Waals surface area contributed by atoms with Gasteiger partial charge in [-0.2, -0.15) is 4.98 Å². The van der Waals surface area contributed by atoms with E-state index in [2.05, 4.69) is 10.1 Å². The van der Waals surface area contributed by atoms with Crippen LogP contribution >= 0.6 is 0 Å². The summed E-state index contributed by atoms with van der Waals surface area (Å²) in [6, 6.07) is 9.97. The molecule has 0 unspecified atom stereocenters. The maximum atomic E-state index is 12.2. The number of hydrogen-bond donors (Lipinski definition) is 0. The Morgan fingerprint density at radius 1 is 1.35 bits per heavy atom. The number of hydrogen-bond acceptors (Lipinski definition) is 5. The molecule has 1 saturated heterocycles. The fraction of sp³-hybridized carbons (Fsp3) is 0.375. The summed E-state index contributed by atoms with van der Waals surface area (Å²) in [7, 11) is 3.22. The van der Waals surface area contributed by atoms with Gasteiger partial charge in [0.1, 0.15) is 0 Å². The van der Waals surface area contributed by atoms with Gasteiger partial charge in [-0.3, -0.25) is 9.59 Å². The van der Waals surface area contributed by atoms with E-state index in [-0.39, 0.29) is 30.2 Å². The maximum Gasteiger partial charge on any atom is 0.316 e. The van der Waals surface area contributed by atoms with Crippen LogP contribution < -0.4 is 0 Å². The fourth-order valence-electron chi connectivity index (χ4n) is 2.64. The van der Waals surface area contributed by atoms with E-state index < -0.39 is 0 Å². The molecule has 0 saturated carbocycles. The minimum absolute atomic E-state index is 0.0590. The summed E-state index contributed by atoms with van der Waals surface area (Å²) >= 11 is 0. The summed E-state index contributed by atoms with van der Waals surface area (Å²) in [6.07, 6.45) is 0.478. The van der Waals surface area contributed by atoms with E-state index >= 15 is 0 Å².